The highest BCUT2D eigenvalue weighted by Gasteiger charge is 2.29. The first-order valence-corrected chi connectivity index (χ1v) is 6.80. The zero-order valence-corrected chi connectivity index (χ0v) is 12.5. The van der Waals surface area contributed by atoms with Gasteiger partial charge in [0.1, 0.15) is 11.6 Å². The van der Waals surface area contributed by atoms with Gasteiger partial charge in [-0.05, 0) is 12.3 Å². The Balaban J connectivity index is 2.96. The molecule has 0 spiro atoms. The van der Waals surface area contributed by atoms with Crippen molar-refractivity contribution in [2.45, 2.75) is 39.0 Å². The summed E-state index contributed by atoms with van der Waals surface area (Å²) in [5.74, 6) is 0.364. The van der Waals surface area contributed by atoms with E-state index in [0.717, 1.165) is 12.6 Å². The highest BCUT2D eigenvalue weighted by atomic mass is 35.5. The number of alkyl halides is 3. The van der Waals surface area contributed by atoms with Crippen LogP contribution in [-0.2, 0) is 6.54 Å². The van der Waals surface area contributed by atoms with E-state index in [-0.39, 0.29) is 21.4 Å². The minimum atomic E-state index is -4.54. The minimum Gasteiger partial charge on any atom is -0.378 e. The molecule has 1 heterocycles. The van der Waals surface area contributed by atoms with Gasteiger partial charge in [0.15, 0.2) is 0 Å². The SMILES string of the molecule is CC(C)CC(CN)Nc1cnn(CC(F)(F)F)c(=O)c1Cl. The summed E-state index contributed by atoms with van der Waals surface area (Å²) >= 11 is 5.82. The Kier molecular flexibility index (Phi) is 6.03. The molecule has 0 fully saturated rings. The molecule has 5 nitrogen and oxygen atoms in total. The van der Waals surface area contributed by atoms with E-state index in [1.54, 1.807) is 0 Å². The first kappa shape index (κ1) is 17.8. The van der Waals surface area contributed by atoms with Crippen molar-refractivity contribution in [1.82, 2.24) is 9.78 Å². The van der Waals surface area contributed by atoms with Crippen LogP contribution in [0.15, 0.2) is 11.0 Å². The van der Waals surface area contributed by atoms with Crippen molar-refractivity contribution < 1.29 is 13.2 Å². The lowest BCUT2D eigenvalue weighted by atomic mass is 10.0. The number of nitrogens with two attached hydrogens (primary N) is 1. The molecule has 1 rings (SSSR count). The third-order valence-electron chi connectivity index (χ3n) is 2.71. The van der Waals surface area contributed by atoms with Crippen molar-refractivity contribution in [1.29, 1.82) is 0 Å². The number of nitrogens with zero attached hydrogens (tertiary/aromatic N) is 2. The van der Waals surface area contributed by atoms with Gasteiger partial charge in [0.25, 0.3) is 5.56 Å². The van der Waals surface area contributed by atoms with E-state index in [1.165, 1.54) is 0 Å². The topological polar surface area (TPSA) is 72.9 Å². The molecule has 0 amide bonds. The van der Waals surface area contributed by atoms with Crippen LogP contribution in [0.2, 0.25) is 5.02 Å². The first-order chi connectivity index (χ1) is 9.64. The van der Waals surface area contributed by atoms with Gasteiger partial charge < -0.3 is 11.1 Å². The Labute approximate surface area is 125 Å². The van der Waals surface area contributed by atoms with E-state index in [0.29, 0.717) is 12.5 Å². The van der Waals surface area contributed by atoms with Crippen LogP contribution in [0, 0.1) is 5.92 Å². The second-order valence-electron chi connectivity index (χ2n) is 5.16. The lowest BCUT2D eigenvalue weighted by Crippen LogP contribution is -2.34. The smallest absolute Gasteiger partial charge is 0.378 e. The Morgan fingerprint density at radius 2 is 2.10 bits per heavy atom. The molecule has 0 aliphatic rings. The standard InChI is InChI=1S/C12H18ClF3N4O/c1-7(2)3-8(4-17)19-9-5-18-20(6-12(14,15)16)11(21)10(9)13/h5,7-8,19H,3-4,6,17H2,1-2H3. The third-order valence-corrected chi connectivity index (χ3v) is 3.08. The zero-order chi connectivity index (χ0) is 16.2. The fourth-order valence-corrected chi connectivity index (χ4v) is 2.05. The summed E-state index contributed by atoms with van der Waals surface area (Å²) in [6.45, 7) is 2.84. The van der Waals surface area contributed by atoms with E-state index in [2.05, 4.69) is 10.4 Å². The van der Waals surface area contributed by atoms with Crippen molar-refractivity contribution in [2.24, 2.45) is 11.7 Å². The molecule has 0 saturated carbocycles. The summed E-state index contributed by atoms with van der Waals surface area (Å²) in [6.07, 6.45) is -2.69. The highest BCUT2D eigenvalue weighted by molar-refractivity contribution is 6.32. The van der Waals surface area contributed by atoms with Gasteiger partial charge in [-0.3, -0.25) is 4.79 Å². The molecule has 1 aromatic rings. The molecule has 0 bridgehead atoms. The van der Waals surface area contributed by atoms with Crippen LogP contribution in [0.4, 0.5) is 18.9 Å². The normalized spacial score (nSPS) is 13.5. The average Bonchev–Trinajstić information content (AvgIpc) is 2.35. The lowest BCUT2D eigenvalue weighted by Gasteiger charge is -2.20. The Morgan fingerprint density at radius 3 is 2.57 bits per heavy atom. The van der Waals surface area contributed by atoms with Crippen LogP contribution in [-0.4, -0.2) is 28.5 Å². The van der Waals surface area contributed by atoms with Gasteiger partial charge in [0, 0.05) is 12.6 Å². The van der Waals surface area contributed by atoms with Crippen molar-refractivity contribution in [2.75, 3.05) is 11.9 Å². The number of nitrogens with one attached hydrogen (secondary N) is 1. The molecule has 1 aromatic heterocycles. The summed E-state index contributed by atoms with van der Waals surface area (Å²) in [4.78, 5) is 11.8. The number of hydrogen-bond acceptors (Lipinski definition) is 4. The van der Waals surface area contributed by atoms with Gasteiger partial charge in [0.05, 0.1) is 11.9 Å². The Morgan fingerprint density at radius 1 is 1.48 bits per heavy atom. The summed E-state index contributed by atoms with van der Waals surface area (Å²) in [5, 5.41) is 6.11. The molecule has 9 heteroatoms. The van der Waals surface area contributed by atoms with Crippen molar-refractivity contribution >= 4 is 17.3 Å². The lowest BCUT2D eigenvalue weighted by molar-refractivity contribution is -0.143. The van der Waals surface area contributed by atoms with Crippen LogP contribution >= 0.6 is 11.6 Å². The number of rotatable bonds is 6. The molecule has 0 aromatic carbocycles. The number of aromatic nitrogens is 2. The first-order valence-electron chi connectivity index (χ1n) is 6.43. The monoisotopic (exact) mass is 326 g/mol. The van der Waals surface area contributed by atoms with Gasteiger partial charge in [0.2, 0.25) is 0 Å². The summed E-state index contributed by atoms with van der Waals surface area (Å²) in [5.41, 5.74) is 4.82. The zero-order valence-electron chi connectivity index (χ0n) is 11.7. The molecule has 0 aliphatic carbocycles. The fraction of sp³-hybridized carbons (Fsp3) is 0.667. The molecule has 0 saturated heterocycles. The van der Waals surface area contributed by atoms with E-state index in [4.69, 9.17) is 17.3 Å². The van der Waals surface area contributed by atoms with Gasteiger partial charge in [-0.15, -0.1) is 0 Å². The highest BCUT2D eigenvalue weighted by Crippen LogP contribution is 2.20. The molecule has 3 N–H and O–H groups in total. The molecular formula is C12H18ClF3N4O. The number of hydrogen-bond donors (Lipinski definition) is 2. The number of halogens is 4. The summed E-state index contributed by atoms with van der Waals surface area (Å²) in [6, 6.07) is -0.137. The third kappa shape index (κ3) is 5.55. The molecule has 120 valence electrons. The maximum atomic E-state index is 12.3. The van der Waals surface area contributed by atoms with E-state index in [1.807, 2.05) is 13.8 Å². The molecule has 1 unspecified atom stereocenters. The minimum absolute atomic E-state index is 0.137. The maximum Gasteiger partial charge on any atom is 0.408 e. The van der Waals surface area contributed by atoms with Crippen LogP contribution < -0.4 is 16.6 Å². The van der Waals surface area contributed by atoms with Crippen molar-refractivity contribution in [3.63, 3.8) is 0 Å². The van der Waals surface area contributed by atoms with Gasteiger partial charge >= 0.3 is 6.18 Å². The average molecular weight is 327 g/mol. The van der Waals surface area contributed by atoms with Crippen molar-refractivity contribution in [3.8, 4) is 0 Å². The van der Waals surface area contributed by atoms with Gasteiger partial charge in [-0.1, -0.05) is 25.4 Å². The van der Waals surface area contributed by atoms with E-state index >= 15 is 0 Å². The quantitative estimate of drug-likeness (QED) is 0.841. The van der Waals surface area contributed by atoms with Crippen molar-refractivity contribution in [3.05, 3.63) is 21.6 Å². The number of anilines is 1. The molecule has 0 radical (unpaired) electrons. The van der Waals surface area contributed by atoms with Crippen LogP contribution in [0.25, 0.3) is 0 Å². The molecule has 1 atom stereocenters. The Hall–Kier alpha value is -1.28. The predicted octanol–water partition coefficient (Wildman–Crippen LogP) is 2.24. The summed E-state index contributed by atoms with van der Waals surface area (Å²) < 4.78 is 37.1. The molecular weight excluding hydrogens is 309 g/mol. The summed E-state index contributed by atoms with van der Waals surface area (Å²) in [7, 11) is 0. The molecule has 0 aliphatic heterocycles. The van der Waals surface area contributed by atoms with Gasteiger partial charge in [-0.25, -0.2) is 4.68 Å². The second-order valence-corrected chi connectivity index (χ2v) is 5.53. The largest absolute Gasteiger partial charge is 0.408 e. The fourth-order valence-electron chi connectivity index (χ4n) is 1.85. The van der Waals surface area contributed by atoms with Crippen LogP contribution in [0.3, 0.4) is 0 Å². The van der Waals surface area contributed by atoms with Crippen LogP contribution in [0.5, 0.6) is 0 Å². The van der Waals surface area contributed by atoms with E-state index < -0.39 is 18.3 Å². The van der Waals surface area contributed by atoms with E-state index in [9.17, 15) is 18.0 Å². The maximum absolute atomic E-state index is 12.3. The van der Waals surface area contributed by atoms with Gasteiger partial charge in [-0.2, -0.15) is 18.3 Å². The van der Waals surface area contributed by atoms with Crippen LogP contribution in [0.1, 0.15) is 20.3 Å². The Bertz CT molecular complexity index is 530. The molecule has 21 heavy (non-hydrogen) atoms. The predicted molar refractivity (Wildman–Crippen MR) is 75.5 cm³/mol. The second kappa shape index (κ2) is 7.13.